The summed E-state index contributed by atoms with van der Waals surface area (Å²) in [5.74, 6) is 5.12. The average Bonchev–Trinajstić information content (AvgIpc) is 3.78. The van der Waals surface area contributed by atoms with E-state index in [0.29, 0.717) is 11.8 Å². The highest BCUT2D eigenvalue weighted by Gasteiger charge is 2.41. The SMILES string of the molecule is COc1ccc(Cl)cc1C1CC1CN(CCCSc1nnc(-c2ccccc2)n1C)CC1CC1. The quantitative estimate of drug-likeness (QED) is 0.222. The highest BCUT2D eigenvalue weighted by Crippen LogP contribution is 2.51. The molecular formula is C27H33ClN4OS. The number of halogens is 1. The molecule has 2 fully saturated rings. The van der Waals surface area contributed by atoms with Crippen LogP contribution in [0.2, 0.25) is 5.02 Å². The van der Waals surface area contributed by atoms with Crippen molar-refractivity contribution in [1.29, 1.82) is 0 Å². The summed E-state index contributed by atoms with van der Waals surface area (Å²) in [6.45, 7) is 3.55. The molecule has 3 aromatic rings. The van der Waals surface area contributed by atoms with E-state index in [4.69, 9.17) is 16.3 Å². The smallest absolute Gasteiger partial charge is 0.191 e. The largest absolute Gasteiger partial charge is 0.496 e. The van der Waals surface area contributed by atoms with Gasteiger partial charge in [0.05, 0.1) is 7.11 Å². The van der Waals surface area contributed by atoms with E-state index in [1.165, 1.54) is 37.9 Å². The average molecular weight is 497 g/mol. The molecule has 180 valence electrons. The van der Waals surface area contributed by atoms with Crippen LogP contribution in [0.25, 0.3) is 11.4 Å². The van der Waals surface area contributed by atoms with Crippen LogP contribution in [0, 0.1) is 11.8 Å². The first kappa shape index (κ1) is 23.7. The van der Waals surface area contributed by atoms with Gasteiger partial charge in [-0.15, -0.1) is 10.2 Å². The third-order valence-corrected chi connectivity index (χ3v) is 8.28. The summed E-state index contributed by atoms with van der Waals surface area (Å²) >= 11 is 8.09. The van der Waals surface area contributed by atoms with Gasteiger partial charge < -0.3 is 14.2 Å². The predicted octanol–water partition coefficient (Wildman–Crippen LogP) is 6.14. The summed E-state index contributed by atoms with van der Waals surface area (Å²) in [4.78, 5) is 2.70. The molecule has 0 N–H and O–H groups in total. The highest BCUT2D eigenvalue weighted by atomic mass is 35.5. The zero-order chi connectivity index (χ0) is 23.5. The lowest BCUT2D eigenvalue weighted by Crippen LogP contribution is -2.30. The minimum Gasteiger partial charge on any atom is -0.496 e. The Morgan fingerprint density at radius 3 is 2.71 bits per heavy atom. The highest BCUT2D eigenvalue weighted by molar-refractivity contribution is 7.99. The summed E-state index contributed by atoms with van der Waals surface area (Å²) in [5, 5.41) is 10.6. The number of methoxy groups -OCH3 is 1. The standard InChI is InChI=1S/C27H33ClN4OS/c1-31-26(20-7-4-3-5-8-20)29-30-27(31)34-14-6-13-32(17-19-9-10-19)18-21-15-23(21)24-16-22(28)11-12-25(24)33-2/h3-5,7-8,11-12,16,19,21,23H,6,9-10,13-15,17-18H2,1-2H3. The molecule has 2 aromatic carbocycles. The number of nitrogens with zero attached hydrogens (tertiary/aromatic N) is 4. The van der Waals surface area contributed by atoms with Crippen LogP contribution < -0.4 is 4.74 Å². The van der Waals surface area contributed by atoms with E-state index in [2.05, 4.69) is 44.9 Å². The fourth-order valence-electron chi connectivity index (χ4n) is 4.81. The molecule has 0 amide bonds. The summed E-state index contributed by atoms with van der Waals surface area (Å²) in [6, 6.07) is 16.3. The minimum atomic E-state index is 0.569. The molecule has 0 bridgehead atoms. The molecule has 2 atom stereocenters. The van der Waals surface area contributed by atoms with Crippen LogP contribution in [0.4, 0.5) is 0 Å². The number of aromatic nitrogens is 3. The van der Waals surface area contributed by atoms with Crippen molar-refractivity contribution in [2.45, 2.75) is 36.8 Å². The summed E-state index contributed by atoms with van der Waals surface area (Å²) in [6.07, 6.45) is 5.17. The van der Waals surface area contributed by atoms with Gasteiger partial charge in [0.2, 0.25) is 0 Å². The molecule has 5 nitrogen and oxygen atoms in total. The fraction of sp³-hybridized carbons (Fsp3) is 0.481. The second-order valence-corrected chi connectivity index (χ2v) is 11.1. The third kappa shape index (κ3) is 5.78. The second-order valence-electron chi connectivity index (χ2n) is 9.62. The predicted molar refractivity (Wildman–Crippen MR) is 140 cm³/mol. The summed E-state index contributed by atoms with van der Waals surface area (Å²) < 4.78 is 7.71. The van der Waals surface area contributed by atoms with E-state index in [9.17, 15) is 0 Å². The van der Waals surface area contributed by atoms with Crippen molar-refractivity contribution in [3.8, 4) is 17.1 Å². The number of hydrogen-bond acceptors (Lipinski definition) is 5. The Kier molecular flexibility index (Phi) is 7.47. The number of thioether (sulfide) groups is 1. The van der Waals surface area contributed by atoms with Crippen molar-refractivity contribution in [2.24, 2.45) is 18.9 Å². The minimum absolute atomic E-state index is 0.569. The van der Waals surface area contributed by atoms with Crippen LogP contribution in [0.5, 0.6) is 5.75 Å². The molecule has 34 heavy (non-hydrogen) atoms. The molecule has 2 unspecified atom stereocenters. The first-order valence-corrected chi connectivity index (χ1v) is 13.6. The topological polar surface area (TPSA) is 43.2 Å². The van der Waals surface area contributed by atoms with Crippen molar-refractivity contribution in [1.82, 2.24) is 19.7 Å². The van der Waals surface area contributed by atoms with Gasteiger partial charge >= 0.3 is 0 Å². The summed E-state index contributed by atoms with van der Waals surface area (Å²) in [5.41, 5.74) is 2.38. The maximum atomic E-state index is 6.28. The van der Waals surface area contributed by atoms with Crippen molar-refractivity contribution in [3.05, 3.63) is 59.1 Å². The Morgan fingerprint density at radius 2 is 1.94 bits per heavy atom. The van der Waals surface area contributed by atoms with Gasteiger partial charge in [-0.2, -0.15) is 0 Å². The van der Waals surface area contributed by atoms with Gasteiger partial charge in [0.1, 0.15) is 5.75 Å². The van der Waals surface area contributed by atoms with Crippen molar-refractivity contribution >= 4 is 23.4 Å². The molecule has 0 aliphatic heterocycles. The maximum Gasteiger partial charge on any atom is 0.191 e. The van der Waals surface area contributed by atoms with Crippen LogP contribution in [-0.4, -0.2) is 52.2 Å². The Labute approximate surface area is 211 Å². The van der Waals surface area contributed by atoms with Crippen molar-refractivity contribution in [3.63, 3.8) is 0 Å². The second kappa shape index (κ2) is 10.7. The Bertz CT molecular complexity index is 1100. The van der Waals surface area contributed by atoms with E-state index in [1.807, 2.05) is 42.1 Å². The molecule has 0 spiro atoms. The van der Waals surface area contributed by atoms with E-state index < -0.39 is 0 Å². The molecule has 2 aliphatic rings. The van der Waals surface area contributed by atoms with Crippen molar-refractivity contribution < 1.29 is 4.74 Å². The Balaban J connectivity index is 1.13. The van der Waals surface area contributed by atoms with Crippen LogP contribution >= 0.6 is 23.4 Å². The Hall–Kier alpha value is -2.02. The molecule has 5 rings (SSSR count). The van der Waals surface area contributed by atoms with E-state index in [-0.39, 0.29) is 0 Å². The zero-order valence-electron chi connectivity index (χ0n) is 20.0. The summed E-state index contributed by atoms with van der Waals surface area (Å²) in [7, 11) is 3.81. The van der Waals surface area contributed by atoms with E-state index in [1.54, 1.807) is 7.11 Å². The lowest BCUT2D eigenvalue weighted by Gasteiger charge is -2.22. The first-order chi connectivity index (χ1) is 16.6. The maximum absolute atomic E-state index is 6.28. The molecule has 2 saturated carbocycles. The fourth-order valence-corrected chi connectivity index (χ4v) is 5.83. The van der Waals surface area contributed by atoms with Gasteiger partial charge in [-0.25, -0.2) is 0 Å². The number of rotatable bonds is 12. The molecule has 7 heteroatoms. The van der Waals surface area contributed by atoms with E-state index in [0.717, 1.165) is 52.0 Å². The van der Waals surface area contributed by atoms with Gasteiger partial charge in [0.15, 0.2) is 11.0 Å². The molecular weight excluding hydrogens is 464 g/mol. The van der Waals surface area contributed by atoms with Gasteiger partial charge in [-0.3, -0.25) is 0 Å². The molecule has 1 heterocycles. The van der Waals surface area contributed by atoms with Gasteiger partial charge in [0, 0.05) is 36.5 Å². The Morgan fingerprint density at radius 1 is 1.12 bits per heavy atom. The van der Waals surface area contributed by atoms with Crippen LogP contribution in [0.1, 0.15) is 37.2 Å². The van der Waals surface area contributed by atoms with Gasteiger partial charge in [0.25, 0.3) is 0 Å². The first-order valence-electron chi connectivity index (χ1n) is 12.3. The van der Waals surface area contributed by atoms with Crippen LogP contribution in [-0.2, 0) is 7.05 Å². The lowest BCUT2D eigenvalue weighted by molar-refractivity contribution is 0.252. The third-order valence-electron chi connectivity index (χ3n) is 6.94. The number of hydrogen-bond donors (Lipinski definition) is 0. The number of ether oxygens (including phenoxy) is 1. The van der Waals surface area contributed by atoms with E-state index >= 15 is 0 Å². The van der Waals surface area contributed by atoms with Gasteiger partial charge in [-0.05, 0) is 73.7 Å². The molecule has 0 radical (unpaired) electrons. The molecule has 1 aromatic heterocycles. The van der Waals surface area contributed by atoms with Gasteiger partial charge in [-0.1, -0.05) is 53.7 Å². The zero-order valence-corrected chi connectivity index (χ0v) is 21.6. The van der Waals surface area contributed by atoms with Crippen molar-refractivity contribution in [2.75, 3.05) is 32.5 Å². The number of benzene rings is 2. The molecule has 2 aliphatic carbocycles. The normalized spacial score (nSPS) is 19.5. The molecule has 0 saturated heterocycles. The lowest BCUT2D eigenvalue weighted by atomic mass is 10.1. The van der Waals surface area contributed by atoms with Crippen LogP contribution in [0.15, 0.2) is 53.7 Å². The monoisotopic (exact) mass is 496 g/mol. The van der Waals surface area contributed by atoms with Crippen LogP contribution in [0.3, 0.4) is 0 Å².